The minimum atomic E-state index is -0.206. The zero-order chi connectivity index (χ0) is 14.6. The average molecular weight is 291 g/mol. The van der Waals surface area contributed by atoms with Gasteiger partial charge in [0.2, 0.25) is 0 Å². The predicted octanol–water partition coefficient (Wildman–Crippen LogP) is 3.66. The molecule has 0 bridgehead atoms. The Hall–Kier alpha value is -1.46. The number of benzene rings is 1. The summed E-state index contributed by atoms with van der Waals surface area (Å²) >= 11 is 1.38. The van der Waals surface area contributed by atoms with Crippen LogP contribution in [-0.4, -0.2) is 15.5 Å². The van der Waals surface area contributed by atoms with E-state index < -0.39 is 0 Å². The van der Waals surface area contributed by atoms with E-state index in [1.54, 1.807) is 24.5 Å². The molecule has 0 saturated heterocycles. The molecule has 0 unspecified atom stereocenters. The fourth-order valence-electron chi connectivity index (χ4n) is 1.60. The van der Waals surface area contributed by atoms with E-state index >= 15 is 0 Å². The van der Waals surface area contributed by atoms with Crippen molar-refractivity contribution < 1.29 is 4.39 Å². The van der Waals surface area contributed by atoms with Gasteiger partial charge in [-0.15, -0.1) is 0 Å². The van der Waals surface area contributed by atoms with Crippen molar-refractivity contribution in [2.75, 3.05) is 0 Å². The molecule has 3 nitrogen and oxygen atoms in total. The van der Waals surface area contributed by atoms with Gasteiger partial charge in [0.25, 0.3) is 0 Å². The highest BCUT2D eigenvalue weighted by molar-refractivity contribution is 7.99. The Labute approximate surface area is 123 Å². The van der Waals surface area contributed by atoms with Crippen molar-refractivity contribution in [3.05, 3.63) is 48.0 Å². The van der Waals surface area contributed by atoms with Gasteiger partial charge in [0.1, 0.15) is 5.82 Å². The van der Waals surface area contributed by atoms with Crippen LogP contribution in [0.25, 0.3) is 0 Å². The fraction of sp³-hybridized carbons (Fsp3) is 0.333. The second-order valence-electron chi connectivity index (χ2n) is 5.45. The summed E-state index contributed by atoms with van der Waals surface area (Å²) in [5.41, 5.74) is 0.591. The van der Waals surface area contributed by atoms with E-state index in [2.05, 4.69) is 36.1 Å². The summed E-state index contributed by atoms with van der Waals surface area (Å²) in [4.78, 5) is 9.17. The van der Waals surface area contributed by atoms with Gasteiger partial charge in [0.15, 0.2) is 5.16 Å². The van der Waals surface area contributed by atoms with Crippen LogP contribution in [0.1, 0.15) is 26.3 Å². The number of rotatable bonds is 4. The Morgan fingerprint density at radius 3 is 2.50 bits per heavy atom. The number of nitrogens with zero attached hydrogens (tertiary/aromatic N) is 2. The predicted molar refractivity (Wildman–Crippen MR) is 79.1 cm³/mol. The van der Waals surface area contributed by atoms with Gasteiger partial charge in [0, 0.05) is 34.9 Å². The van der Waals surface area contributed by atoms with Crippen LogP contribution in [0.5, 0.6) is 0 Å². The first kappa shape index (κ1) is 14.9. The van der Waals surface area contributed by atoms with Gasteiger partial charge in [0.05, 0.1) is 0 Å². The van der Waals surface area contributed by atoms with E-state index in [9.17, 15) is 4.39 Å². The SMILES string of the molecule is CC(C)(C)NCc1c(F)cccc1Sc1ncccn1. The molecule has 0 amide bonds. The van der Waals surface area contributed by atoms with Crippen LogP contribution in [-0.2, 0) is 6.54 Å². The smallest absolute Gasteiger partial charge is 0.192 e. The normalized spacial score (nSPS) is 11.6. The quantitative estimate of drug-likeness (QED) is 0.873. The molecule has 0 aliphatic carbocycles. The lowest BCUT2D eigenvalue weighted by molar-refractivity contribution is 0.416. The first-order valence-electron chi connectivity index (χ1n) is 6.43. The van der Waals surface area contributed by atoms with E-state index in [1.807, 2.05) is 6.07 Å². The van der Waals surface area contributed by atoms with Gasteiger partial charge >= 0.3 is 0 Å². The fourth-order valence-corrected chi connectivity index (χ4v) is 2.46. The third-order valence-corrected chi connectivity index (χ3v) is 3.61. The zero-order valence-corrected chi connectivity index (χ0v) is 12.7. The molecule has 5 heteroatoms. The Kier molecular flexibility index (Phi) is 4.73. The topological polar surface area (TPSA) is 37.8 Å². The van der Waals surface area contributed by atoms with Crippen molar-refractivity contribution in [3.8, 4) is 0 Å². The van der Waals surface area contributed by atoms with Gasteiger partial charge in [-0.05, 0) is 50.7 Å². The highest BCUT2D eigenvalue weighted by atomic mass is 32.2. The molecular weight excluding hydrogens is 273 g/mol. The number of halogens is 1. The number of aromatic nitrogens is 2. The van der Waals surface area contributed by atoms with Gasteiger partial charge in [-0.25, -0.2) is 14.4 Å². The minimum Gasteiger partial charge on any atom is -0.308 e. The van der Waals surface area contributed by atoms with E-state index in [0.717, 1.165) is 4.90 Å². The molecule has 1 heterocycles. The van der Waals surface area contributed by atoms with E-state index in [4.69, 9.17) is 0 Å². The third kappa shape index (κ3) is 4.28. The lowest BCUT2D eigenvalue weighted by Gasteiger charge is -2.21. The van der Waals surface area contributed by atoms with Crippen molar-refractivity contribution in [3.63, 3.8) is 0 Å². The van der Waals surface area contributed by atoms with Crippen molar-refractivity contribution >= 4 is 11.8 Å². The summed E-state index contributed by atoms with van der Waals surface area (Å²) < 4.78 is 14.0. The molecule has 1 N–H and O–H groups in total. The van der Waals surface area contributed by atoms with Crippen LogP contribution in [0.3, 0.4) is 0 Å². The standard InChI is InChI=1S/C15H18FN3S/c1-15(2,3)19-10-11-12(16)6-4-7-13(11)20-14-17-8-5-9-18-14/h4-9,19H,10H2,1-3H3. The Balaban J connectivity index is 2.22. The molecule has 2 rings (SSSR count). The van der Waals surface area contributed by atoms with Crippen molar-refractivity contribution in [2.45, 2.75) is 42.9 Å². The summed E-state index contributed by atoms with van der Waals surface area (Å²) in [6.45, 7) is 6.65. The number of hydrogen-bond donors (Lipinski definition) is 1. The summed E-state index contributed by atoms with van der Waals surface area (Å²) in [7, 11) is 0. The van der Waals surface area contributed by atoms with Gasteiger partial charge in [-0.1, -0.05) is 6.07 Å². The number of hydrogen-bond acceptors (Lipinski definition) is 4. The molecule has 20 heavy (non-hydrogen) atoms. The van der Waals surface area contributed by atoms with Crippen molar-refractivity contribution in [1.82, 2.24) is 15.3 Å². The largest absolute Gasteiger partial charge is 0.308 e. The van der Waals surface area contributed by atoms with E-state index in [0.29, 0.717) is 17.3 Å². The number of nitrogens with one attached hydrogen (secondary N) is 1. The maximum absolute atomic E-state index is 14.0. The molecule has 0 radical (unpaired) electrons. The molecule has 0 spiro atoms. The maximum Gasteiger partial charge on any atom is 0.192 e. The van der Waals surface area contributed by atoms with Gasteiger partial charge in [-0.3, -0.25) is 0 Å². The molecule has 0 aliphatic heterocycles. The van der Waals surface area contributed by atoms with E-state index in [1.165, 1.54) is 17.8 Å². The first-order valence-corrected chi connectivity index (χ1v) is 7.25. The van der Waals surface area contributed by atoms with Crippen molar-refractivity contribution in [2.24, 2.45) is 0 Å². The molecular formula is C15H18FN3S. The van der Waals surface area contributed by atoms with Gasteiger partial charge < -0.3 is 5.32 Å². The van der Waals surface area contributed by atoms with Crippen LogP contribution in [0.15, 0.2) is 46.7 Å². The Morgan fingerprint density at radius 1 is 1.15 bits per heavy atom. The third-order valence-electron chi connectivity index (χ3n) is 2.61. The molecule has 0 fully saturated rings. The molecule has 0 atom stereocenters. The highest BCUT2D eigenvalue weighted by Crippen LogP contribution is 2.29. The van der Waals surface area contributed by atoms with Crippen LogP contribution < -0.4 is 5.32 Å². The summed E-state index contributed by atoms with van der Waals surface area (Å²) in [6.07, 6.45) is 3.36. The van der Waals surface area contributed by atoms with E-state index in [-0.39, 0.29) is 11.4 Å². The summed E-state index contributed by atoms with van der Waals surface area (Å²) in [5.74, 6) is -0.206. The lowest BCUT2D eigenvalue weighted by atomic mass is 10.1. The van der Waals surface area contributed by atoms with Gasteiger partial charge in [-0.2, -0.15) is 0 Å². The molecule has 1 aromatic carbocycles. The molecule has 0 saturated carbocycles. The first-order chi connectivity index (χ1) is 9.46. The zero-order valence-electron chi connectivity index (χ0n) is 11.9. The molecule has 2 aromatic rings. The molecule has 106 valence electrons. The van der Waals surface area contributed by atoms with Crippen LogP contribution in [0.2, 0.25) is 0 Å². The molecule has 0 aliphatic rings. The summed E-state index contributed by atoms with van der Waals surface area (Å²) in [5, 5.41) is 3.93. The highest BCUT2D eigenvalue weighted by Gasteiger charge is 2.14. The van der Waals surface area contributed by atoms with Crippen LogP contribution >= 0.6 is 11.8 Å². The average Bonchev–Trinajstić information content (AvgIpc) is 2.38. The van der Waals surface area contributed by atoms with Crippen molar-refractivity contribution in [1.29, 1.82) is 0 Å². The second-order valence-corrected chi connectivity index (χ2v) is 6.46. The lowest BCUT2D eigenvalue weighted by Crippen LogP contribution is -2.35. The monoisotopic (exact) mass is 291 g/mol. The van der Waals surface area contributed by atoms with Crippen LogP contribution in [0, 0.1) is 5.82 Å². The van der Waals surface area contributed by atoms with Crippen LogP contribution in [0.4, 0.5) is 4.39 Å². The Bertz CT molecular complexity index is 567. The Morgan fingerprint density at radius 2 is 1.85 bits per heavy atom. The minimum absolute atomic E-state index is 0.0620. The second kappa shape index (κ2) is 6.33. The maximum atomic E-state index is 14.0. The summed E-state index contributed by atoms with van der Waals surface area (Å²) in [6, 6.07) is 6.85. The molecule has 1 aromatic heterocycles.